The molecule has 3 heterocycles. The highest BCUT2D eigenvalue weighted by Crippen LogP contribution is 2.38. The van der Waals surface area contributed by atoms with Crippen molar-refractivity contribution in [3.63, 3.8) is 0 Å². The zero-order valence-corrected chi connectivity index (χ0v) is 17.5. The van der Waals surface area contributed by atoms with Crippen LogP contribution in [-0.2, 0) is 4.79 Å². The first kappa shape index (κ1) is 19.0. The van der Waals surface area contributed by atoms with Crippen molar-refractivity contribution in [1.29, 1.82) is 0 Å². The zero-order valence-electron chi connectivity index (χ0n) is 15.9. The van der Waals surface area contributed by atoms with Crippen LogP contribution in [0.5, 0.6) is 11.5 Å². The van der Waals surface area contributed by atoms with Crippen molar-refractivity contribution in [3.8, 4) is 11.5 Å². The van der Waals surface area contributed by atoms with Gasteiger partial charge in [0.05, 0.1) is 22.0 Å². The van der Waals surface area contributed by atoms with E-state index >= 15 is 0 Å². The van der Waals surface area contributed by atoms with Crippen molar-refractivity contribution in [3.05, 3.63) is 47.2 Å². The maximum Gasteiger partial charge on any atom is 0.234 e. The van der Waals surface area contributed by atoms with Crippen LogP contribution in [0.15, 0.2) is 41.6 Å². The number of thioether (sulfide) groups is 1. The van der Waals surface area contributed by atoms with Gasteiger partial charge in [-0.3, -0.25) is 4.79 Å². The number of nitrogens with zero attached hydrogens (tertiary/aromatic N) is 4. The molecule has 0 unspecified atom stereocenters. The van der Waals surface area contributed by atoms with E-state index in [4.69, 9.17) is 21.1 Å². The quantitative estimate of drug-likeness (QED) is 0.381. The summed E-state index contributed by atoms with van der Waals surface area (Å²) >= 11 is 7.56. The monoisotopic (exact) mass is 441 g/mol. The number of rotatable bonds is 4. The predicted octanol–water partition coefficient (Wildman–Crippen LogP) is 3.74. The van der Waals surface area contributed by atoms with Gasteiger partial charge in [0, 0.05) is 17.5 Å². The number of halogens is 1. The standard InChI is InChI=1S/C20H16ClN5O3S/c1-11-22-19-12-4-2-3-5-14(12)24-20(26(19)25-11)30-10-18(27)23-15-9-17-16(8-13(15)21)28-6-7-29-17/h2-5,8-9H,6-7,10H2,1H3,(H,23,27). The number of para-hydroxylation sites is 1. The first-order chi connectivity index (χ1) is 14.6. The normalized spacial score (nSPS) is 13.0. The minimum absolute atomic E-state index is 0.129. The maximum atomic E-state index is 12.6. The molecule has 0 saturated carbocycles. The van der Waals surface area contributed by atoms with E-state index in [1.807, 2.05) is 31.2 Å². The third kappa shape index (κ3) is 3.50. The van der Waals surface area contributed by atoms with Gasteiger partial charge < -0.3 is 14.8 Å². The molecule has 8 nitrogen and oxygen atoms in total. The van der Waals surface area contributed by atoms with Crippen molar-refractivity contribution in [1.82, 2.24) is 19.6 Å². The Bertz CT molecular complexity index is 1290. The van der Waals surface area contributed by atoms with Crippen LogP contribution in [0.4, 0.5) is 5.69 Å². The van der Waals surface area contributed by atoms with Gasteiger partial charge in [-0.1, -0.05) is 35.5 Å². The van der Waals surface area contributed by atoms with E-state index in [-0.39, 0.29) is 11.7 Å². The summed E-state index contributed by atoms with van der Waals surface area (Å²) in [5.41, 5.74) is 1.99. The summed E-state index contributed by atoms with van der Waals surface area (Å²) in [5.74, 6) is 1.68. The summed E-state index contributed by atoms with van der Waals surface area (Å²) in [6.07, 6.45) is 0. The molecule has 5 rings (SSSR count). The van der Waals surface area contributed by atoms with E-state index < -0.39 is 0 Å². The van der Waals surface area contributed by atoms with E-state index in [1.54, 1.807) is 16.6 Å². The SMILES string of the molecule is Cc1nc2c3ccccc3nc(SCC(=O)Nc3cc4c(cc3Cl)OCCO4)n2n1. The largest absolute Gasteiger partial charge is 0.486 e. The number of carbonyl (C=O) groups is 1. The molecular formula is C20H16ClN5O3S. The highest BCUT2D eigenvalue weighted by Gasteiger charge is 2.18. The summed E-state index contributed by atoms with van der Waals surface area (Å²) in [6, 6.07) is 11.0. The summed E-state index contributed by atoms with van der Waals surface area (Å²) in [6.45, 7) is 2.76. The molecule has 30 heavy (non-hydrogen) atoms. The minimum Gasteiger partial charge on any atom is -0.486 e. The van der Waals surface area contributed by atoms with E-state index in [9.17, 15) is 4.79 Å². The molecule has 0 saturated heterocycles. The van der Waals surface area contributed by atoms with Gasteiger partial charge in [0.15, 0.2) is 22.3 Å². The van der Waals surface area contributed by atoms with Crippen LogP contribution in [0.25, 0.3) is 16.6 Å². The van der Waals surface area contributed by atoms with Crippen LogP contribution in [-0.4, -0.2) is 44.5 Å². The molecule has 2 aromatic heterocycles. The molecule has 1 aliphatic rings. The van der Waals surface area contributed by atoms with Gasteiger partial charge in [0.25, 0.3) is 0 Å². The van der Waals surface area contributed by atoms with Crippen LogP contribution in [0.2, 0.25) is 5.02 Å². The lowest BCUT2D eigenvalue weighted by atomic mass is 10.2. The van der Waals surface area contributed by atoms with Gasteiger partial charge >= 0.3 is 0 Å². The van der Waals surface area contributed by atoms with Crippen LogP contribution in [0.1, 0.15) is 5.82 Å². The molecule has 152 valence electrons. The molecule has 0 radical (unpaired) electrons. The Kier molecular flexibility index (Phi) is 4.84. The highest BCUT2D eigenvalue weighted by molar-refractivity contribution is 7.99. The highest BCUT2D eigenvalue weighted by atomic mass is 35.5. The smallest absolute Gasteiger partial charge is 0.234 e. The third-order valence-electron chi connectivity index (χ3n) is 4.49. The van der Waals surface area contributed by atoms with E-state index in [0.717, 1.165) is 16.6 Å². The van der Waals surface area contributed by atoms with Crippen molar-refractivity contribution >= 4 is 51.5 Å². The number of fused-ring (bicyclic) bond motifs is 4. The Morgan fingerprint density at radius 1 is 1.20 bits per heavy atom. The second kappa shape index (κ2) is 7.66. The number of carbonyl (C=O) groups excluding carboxylic acids is 1. The number of hydrogen-bond acceptors (Lipinski definition) is 7. The Labute approximate surface area is 180 Å². The van der Waals surface area contributed by atoms with E-state index in [0.29, 0.717) is 46.4 Å². The van der Waals surface area contributed by atoms with Crippen LogP contribution in [0.3, 0.4) is 0 Å². The van der Waals surface area contributed by atoms with Crippen molar-refractivity contribution in [2.24, 2.45) is 0 Å². The van der Waals surface area contributed by atoms with Gasteiger partial charge in [-0.2, -0.15) is 4.52 Å². The molecule has 0 aliphatic carbocycles. The zero-order chi connectivity index (χ0) is 20.7. The van der Waals surface area contributed by atoms with Crippen LogP contribution < -0.4 is 14.8 Å². The van der Waals surface area contributed by atoms with E-state index in [1.165, 1.54) is 11.8 Å². The molecular weight excluding hydrogens is 426 g/mol. The van der Waals surface area contributed by atoms with E-state index in [2.05, 4.69) is 20.4 Å². The summed E-state index contributed by atoms with van der Waals surface area (Å²) in [4.78, 5) is 21.7. The lowest BCUT2D eigenvalue weighted by Gasteiger charge is -2.20. The van der Waals surface area contributed by atoms with Crippen LogP contribution >= 0.6 is 23.4 Å². The topological polar surface area (TPSA) is 90.6 Å². The van der Waals surface area contributed by atoms with Gasteiger partial charge in [-0.15, -0.1) is 5.10 Å². The Hall–Kier alpha value is -3.04. The Morgan fingerprint density at radius 2 is 1.97 bits per heavy atom. The molecule has 4 aromatic rings. The molecule has 0 bridgehead atoms. The first-order valence-electron chi connectivity index (χ1n) is 9.22. The molecule has 1 amide bonds. The second-order valence-electron chi connectivity index (χ2n) is 6.62. The minimum atomic E-state index is -0.224. The van der Waals surface area contributed by atoms with Crippen LogP contribution in [0, 0.1) is 6.92 Å². The van der Waals surface area contributed by atoms with Crippen molar-refractivity contribution in [2.45, 2.75) is 12.1 Å². The number of amides is 1. The molecule has 0 fully saturated rings. The molecule has 1 N–H and O–H groups in total. The van der Waals surface area contributed by atoms with Crippen molar-refractivity contribution in [2.75, 3.05) is 24.3 Å². The second-order valence-corrected chi connectivity index (χ2v) is 7.97. The molecule has 0 spiro atoms. The summed E-state index contributed by atoms with van der Waals surface area (Å²) in [5, 5.41) is 9.13. The van der Waals surface area contributed by atoms with Gasteiger partial charge in [-0.05, 0) is 19.1 Å². The average Bonchev–Trinajstić information content (AvgIpc) is 3.14. The maximum absolute atomic E-state index is 12.6. The van der Waals surface area contributed by atoms with Crippen molar-refractivity contribution < 1.29 is 14.3 Å². The number of anilines is 1. The number of aryl methyl sites for hydroxylation is 1. The summed E-state index contributed by atoms with van der Waals surface area (Å²) in [7, 11) is 0. The van der Waals surface area contributed by atoms with Gasteiger partial charge in [-0.25, -0.2) is 9.97 Å². The van der Waals surface area contributed by atoms with Gasteiger partial charge in [0.1, 0.15) is 19.0 Å². The Balaban J connectivity index is 1.37. The molecule has 2 aromatic carbocycles. The molecule has 10 heteroatoms. The molecule has 0 atom stereocenters. The number of hydrogen-bond donors (Lipinski definition) is 1. The average molecular weight is 442 g/mol. The fraction of sp³-hybridized carbons (Fsp3) is 0.200. The fourth-order valence-electron chi connectivity index (χ4n) is 3.20. The fourth-order valence-corrected chi connectivity index (χ4v) is 4.15. The Morgan fingerprint density at radius 3 is 2.80 bits per heavy atom. The predicted molar refractivity (Wildman–Crippen MR) is 115 cm³/mol. The number of aromatic nitrogens is 4. The summed E-state index contributed by atoms with van der Waals surface area (Å²) < 4.78 is 12.7. The number of benzene rings is 2. The number of ether oxygens (including phenoxy) is 2. The lowest BCUT2D eigenvalue weighted by Crippen LogP contribution is -2.17. The molecule has 1 aliphatic heterocycles. The first-order valence-corrected chi connectivity index (χ1v) is 10.6. The van der Waals surface area contributed by atoms with Gasteiger partial charge in [0.2, 0.25) is 5.91 Å². The number of nitrogens with one attached hydrogen (secondary N) is 1. The lowest BCUT2D eigenvalue weighted by molar-refractivity contribution is -0.113. The third-order valence-corrected chi connectivity index (χ3v) is 5.74.